The summed E-state index contributed by atoms with van der Waals surface area (Å²) in [6.07, 6.45) is 2.39. The van der Waals surface area contributed by atoms with E-state index in [0.717, 1.165) is 29.0 Å². The average molecular weight is 348 g/mol. The Morgan fingerprint density at radius 3 is 2.96 bits per heavy atom. The average Bonchev–Trinajstić information content (AvgIpc) is 2.92. The van der Waals surface area contributed by atoms with Crippen LogP contribution in [-0.4, -0.2) is 23.7 Å². The van der Waals surface area contributed by atoms with E-state index in [1.54, 1.807) is 12.1 Å². The molecule has 0 radical (unpaired) electrons. The molecular formula is C18H18ClNO4. The van der Waals surface area contributed by atoms with Gasteiger partial charge in [-0.1, -0.05) is 11.6 Å². The number of aromatic nitrogens is 1. The van der Waals surface area contributed by atoms with Crippen LogP contribution in [0.25, 0.3) is 0 Å². The molecule has 5 nitrogen and oxygen atoms in total. The first-order valence-corrected chi connectivity index (χ1v) is 8.18. The van der Waals surface area contributed by atoms with Crippen LogP contribution in [0.1, 0.15) is 35.3 Å². The van der Waals surface area contributed by atoms with Gasteiger partial charge in [-0.3, -0.25) is 0 Å². The second-order valence-electron chi connectivity index (χ2n) is 5.58. The maximum absolute atomic E-state index is 12.1. The largest absolute Gasteiger partial charge is 0.493 e. The molecule has 0 saturated heterocycles. The molecule has 3 rings (SSSR count). The SMILES string of the molecule is CCOc1cc2c(cc1COC(=O)c1ccc(Cl)nc1)OC(C)C2. The van der Waals surface area contributed by atoms with Gasteiger partial charge in [-0.05, 0) is 38.1 Å². The fourth-order valence-electron chi connectivity index (χ4n) is 2.61. The van der Waals surface area contributed by atoms with Crippen molar-refractivity contribution in [3.63, 3.8) is 0 Å². The molecule has 0 bridgehead atoms. The predicted octanol–water partition coefficient (Wildman–Crippen LogP) is 3.81. The van der Waals surface area contributed by atoms with Crippen molar-refractivity contribution in [2.45, 2.75) is 33.0 Å². The van der Waals surface area contributed by atoms with Crippen molar-refractivity contribution in [2.75, 3.05) is 6.61 Å². The van der Waals surface area contributed by atoms with Crippen molar-refractivity contribution < 1.29 is 19.0 Å². The Kier molecular flexibility index (Phi) is 4.90. The highest BCUT2D eigenvalue weighted by Crippen LogP contribution is 2.35. The summed E-state index contributed by atoms with van der Waals surface area (Å²) >= 11 is 5.72. The maximum Gasteiger partial charge on any atom is 0.340 e. The molecule has 1 aliphatic heterocycles. The maximum atomic E-state index is 12.1. The van der Waals surface area contributed by atoms with Crippen LogP contribution in [0.4, 0.5) is 0 Å². The Balaban J connectivity index is 1.75. The van der Waals surface area contributed by atoms with Crippen molar-refractivity contribution in [1.29, 1.82) is 0 Å². The van der Waals surface area contributed by atoms with Gasteiger partial charge < -0.3 is 14.2 Å². The van der Waals surface area contributed by atoms with E-state index in [1.165, 1.54) is 6.20 Å². The van der Waals surface area contributed by atoms with Crippen LogP contribution in [0.2, 0.25) is 5.15 Å². The van der Waals surface area contributed by atoms with Crippen LogP contribution in [0.5, 0.6) is 11.5 Å². The smallest absolute Gasteiger partial charge is 0.340 e. The number of pyridine rings is 1. The summed E-state index contributed by atoms with van der Waals surface area (Å²) in [5, 5.41) is 0.329. The summed E-state index contributed by atoms with van der Waals surface area (Å²) in [6, 6.07) is 6.98. The Hall–Kier alpha value is -2.27. The van der Waals surface area contributed by atoms with Gasteiger partial charge in [-0.15, -0.1) is 0 Å². The van der Waals surface area contributed by atoms with E-state index in [-0.39, 0.29) is 12.7 Å². The monoisotopic (exact) mass is 347 g/mol. The van der Waals surface area contributed by atoms with Crippen molar-refractivity contribution >= 4 is 17.6 Å². The minimum absolute atomic E-state index is 0.0990. The second kappa shape index (κ2) is 7.09. The van der Waals surface area contributed by atoms with Crippen molar-refractivity contribution in [3.05, 3.63) is 52.3 Å². The molecule has 0 N–H and O–H groups in total. The van der Waals surface area contributed by atoms with Crippen molar-refractivity contribution in [2.24, 2.45) is 0 Å². The first kappa shape index (κ1) is 16.6. The van der Waals surface area contributed by atoms with Gasteiger partial charge in [0, 0.05) is 23.7 Å². The first-order valence-electron chi connectivity index (χ1n) is 7.80. The van der Waals surface area contributed by atoms with Crippen LogP contribution < -0.4 is 9.47 Å². The number of hydrogen-bond acceptors (Lipinski definition) is 5. The minimum atomic E-state index is -0.462. The molecule has 6 heteroatoms. The molecule has 0 fully saturated rings. The lowest BCUT2D eigenvalue weighted by atomic mass is 10.1. The van der Waals surface area contributed by atoms with E-state index in [4.69, 9.17) is 25.8 Å². The van der Waals surface area contributed by atoms with Gasteiger partial charge in [0.15, 0.2) is 0 Å². The number of carbonyl (C=O) groups is 1. The van der Waals surface area contributed by atoms with Gasteiger partial charge in [0.1, 0.15) is 29.4 Å². The van der Waals surface area contributed by atoms with E-state index in [1.807, 2.05) is 26.0 Å². The van der Waals surface area contributed by atoms with E-state index in [0.29, 0.717) is 17.3 Å². The molecule has 1 atom stereocenters. The van der Waals surface area contributed by atoms with Crippen LogP contribution >= 0.6 is 11.6 Å². The summed E-state index contributed by atoms with van der Waals surface area (Å²) in [4.78, 5) is 16.0. The highest BCUT2D eigenvalue weighted by atomic mass is 35.5. The number of nitrogens with zero attached hydrogens (tertiary/aromatic N) is 1. The van der Waals surface area contributed by atoms with Crippen LogP contribution in [-0.2, 0) is 17.8 Å². The lowest BCUT2D eigenvalue weighted by molar-refractivity contribution is 0.0468. The molecule has 1 unspecified atom stereocenters. The first-order chi connectivity index (χ1) is 11.6. The van der Waals surface area contributed by atoms with E-state index >= 15 is 0 Å². The second-order valence-corrected chi connectivity index (χ2v) is 5.97. The van der Waals surface area contributed by atoms with Gasteiger partial charge in [0.05, 0.1) is 12.2 Å². The quantitative estimate of drug-likeness (QED) is 0.608. The molecule has 0 amide bonds. The molecule has 0 spiro atoms. The summed E-state index contributed by atoms with van der Waals surface area (Å²) in [7, 11) is 0. The third-order valence-corrected chi connectivity index (χ3v) is 3.92. The molecule has 1 aromatic carbocycles. The topological polar surface area (TPSA) is 57.7 Å². The minimum Gasteiger partial charge on any atom is -0.493 e. The van der Waals surface area contributed by atoms with Gasteiger partial charge >= 0.3 is 5.97 Å². The third kappa shape index (κ3) is 3.62. The highest BCUT2D eigenvalue weighted by Gasteiger charge is 2.22. The summed E-state index contributed by atoms with van der Waals surface area (Å²) in [6.45, 7) is 4.58. The zero-order valence-corrected chi connectivity index (χ0v) is 14.3. The molecule has 2 aromatic rings. The number of halogens is 1. The number of fused-ring (bicyclic) bond motifs is 1. The Morgan fingerprint density at radius 1 is 1.42 bits per heavy atom. The summed E-state index contributed by atoms with van der Waals surface area (Å²) in [5.74, 6) is 1.08. The Labute approximate surface area is 145 Å². The lowest BCUT2D eigenvalue weighted by Crippen LogP contribution is -2.07. The van der Waals surface area contributed by atoms with Crippen LogP contribution in [0.15, 0.2) is 30.5 Å². The van der Waals surface area contributed by atoms with Crippen LogP contribution in [0, 0.1) is 0 Å². The van der Waals surface area contributed by atoms with Gasteiger partial charge in [-0.25, -0.2) is 9.78 Å². The van der Waals surface area contributed by atoms with Crippen molar-refractivity contribution in [1.82, 2.24) is 4.98 Å². The Morgan fingerprint density at radius 2 is 2.25 bits per heavy atom. The van der Waals surface area contributed by atoms with Crippen LogP contribution in [0.3, 0.4) is 0 Å². The number of hydrogen-bond donors (Lipinski definition) is 0. The van der Waals surface area contributed by atoms with Gasteiger partial charge in [0.25, 0.3) is 0 Å². The van der Waals surface area contributed by atoms with Gasteiger partial charge in [0.2, 0.25) is 0 Å². The molecule has 0 saturated carbocycles. The lowest BCUT2D eigenvalue weighted by Gasteiger charge is -2.13. The molecule has 126 valence electrons. The number of benzene rings is 1. The standard InChI is InChI=1S/C18H18ClNO4/c1-3-22-15-7-13-6-11(2)24-16(13)8-14(15)10-23-18(21)12-4-5-17(19)20-9-12/h4-5,7-9,11H,3,6,10H2,1-2H3. The van der Waals surface area contributed by atoms with Crippen molar-refractivity contribution in [3.8, 4) is 11.5 Å². The number of rotatable bonds is 5. The highest BCUT2D eigenvalue weighted by molar-refractivity contribution is 6.29. The number of ether oxygens (including phenoxy) is 3. The predicted molar refractivity (Wildman–Crippen MR) is 89.8 cm³/mol. The summed E-state index contributed by atoms with van der Waals surface area (Å²) < 4.78 is 16.8. The molecule has 2 heterocycles. The molecular weight excluding hydrogens is 330 g/mol. The van der Waals surface area contributed by atoms with E-state index in [2.05, 4.69) is 4.98 Å². The number of esters is 1. The van der Waals surface area contributed by atoms with E-state index in [9.17, 15) is 4.79 Å². The normalized spacial score (nSPS) is 15.5. The number of carbonyl (C=O) groups excluding carboxylic acids is 1. The van der Waals surface area contributed by atoms with Gasteiger partial charge in [-0.2, -0.15) is 0 Å². The summed E-state index contributed by atoms with van der Waals surface area (Å²) in [5.41, 5.74) is 2.24. The third-order valence-electron chi connectivity index (χ3n) is 3.70. The fourth-order valence-corrected chi connectivity index (χ4v) is 2.72. The zero-order chi connectivity index (χ0) is 17.1. The molecule has 1 aromatic heterocycles. The fraction of sp³-hybridized carbons (Fsp3) is 0.333. The van der Waals surface area contributed by atoms with E-state index < -0.39 is 5.97 Å². The molecule has 1 aliphatic rings. The molecule has 24 heavy (non-hydrogen) atoms. The molecule has 0 aliphatic carbocycles. The Bertz CT molecular complexity index is 745. The zero-order valence-electron chi connectivity index (χ0n) is 13.5.